The molecule has 0 saturated heterocycles. The molecule has 0 saturated carbocycles. The van der Waals surface area contributed by atoms with E-state index in [0.29, 0.717) is 6.07 Å². The topological polar surface area (TPSA) is 64.3 Å². The lowest BCUT2D eigenvalue weighted by atomic mass is 10.2. The number of amides is 1. The van der Waals surface area contributed by atoms with Crippen molar-refractivity contribution in [1.82, 2.24) is 0 Å². The van der Waals surface area contributed by atoms with Crippen molar-refractivity contribution < 1.29 is 22.7 Å². The molecule has 0 aliphatic heterocycles. The zero-order chi connectivity index (χ0) is 15.4. The van der Waals surface area contributed by atoms with Crippen LogP contribution in [0.3, 0.4) is 0 Å². The predicted octanol–water partition coefficient (Wildman–Crippen LogP) is 2.70. The van der Waals surface area contributed by atoms with Crippen molar-refractivity contribution in [2.24, 2.45) is 0 Å². The Morgan fingerprint density at radius 2 is 1.71 bits per heavy atom. The number of hydrogen-bond acceptors (Lipinski definition) is 3. The number of carbonyl (C=O) groups excluding carboxylic acids is 1. The highest BCUT2D eigenvalue weighted by atomic mass is 19.1. The fraction of sp³-hybridized carbons (Fsp3) is 0.0714. The van der Waals surface area contributed by atoms with Crippen LogP contribution in [-0.4, -0.2) is 12.5 Å². The number of ether oxygens (including phenoxy) is 1. The number of benzene rings is 2. The Balaban J connectivity index is 1.95. The van der Waals surface area contributed by atoms with E-state index < -0.39 is 30.0 Å². The third-order valence-corrected chi connectivity index (χ3v) is 2.49. The molecule has 4 nitrogen and oxygen atoms in total. The fourth-order valence-corrected chi connectivity index (χ4v) is 1.59. The van der Waals surface area contributed by atoms with Crippen molar-refractivity contribution in [2.45, 2.75) is 0 Å². The summed E-state index contributed by atoms with van der Waals surface area (Å²) in [5.74, 6) is -2.87. The van der Waals surface area contributed by atoms with Gasteiger partial charge in [-0.2, -0.15) is 0 Å². The van der Waals surface area contributed by atoms with E-state index >= 15 is 0 Å². The van der Waals surface area contributed by atoms with Crippen LogP contribution < -0.4 is 15.8 Å². The summed E-state index contributed by atoms with van der Waals surface area (Å²) in [4.78, 5) is 11.6. The summed E-state index contributed by atoms with van der Waals surface area (Å²) in [7, 11) is 0. The van der Waals surface area contributed by atoms with Gasteiger partial charge < -0.3 is 15.8 Å². The molecule has 1 amide bonds. The molecule has 0 aromatic heterocycles. The Morgan fingerprint density at radius 3 is 2.33 bits per heavy atom. The average Bonchev–Trinajstić information content (AvgIpc) is 2.39. The normalized spacial score (nSPS) is 10.2. The molecule has 21 heavy (non-hydrogen) atoms. The van der Waals surface area contributed by atoms with E-state index in [0.717, 1.165) is 24.3 Å². The fourth-order valence-electron chi connectivity index (χ4n) is 1.59. The number of nitrogens with one attached hydrogen (secondary N) is 1. The molecular weight excluding hydrogens is 285 g/mol. The lowest BCUT2D eigenvalue weighted by Crippen LogP contribution is -2.21. The van der Waals surface area contributed by atoms with Crippen molar-refractivity contribution >= 4 is 17.3 Å². The van der Waals surface area contributed by atoms with Gasteiger partial charge in [0.15, 0.2) is 6.61 Å². The maximum Gasteiger partial charge on any atom is 0.262 e. The van der Waals surface area contributed by atoms with Gasteiger partial charge in [-0.3, -0.25) is 4.79 Å². The number of carbonyl (C=O) groups is 1. The third kappa shape index (κ3) is 4.13. The van der Waals surface area contributed by atoms with E-state index in [2.05, 4.69) is 5.32 Å². The van der Waals surface area contributed by atoms with Gasteiger partial charge in [0.1, 0.15) is 23.2 Å². The van der Waals surface area contributed by atoms with Crippen molar-refractivity contribution in [1.29, 1.82) is 0 Å². The van der Waals surface area contributed by atoms with Gasteiger partial charge in [0, 0.05) is 18.2 Å². The zero-order valence-corrected chi connectivity index (χ0v) is 10.7. The number of rotatable bonds is 4. The van der Waals surface area contributed by atoms with Crippen LogP contribution in [0.2, 0.25) is 0 Å². The molecule has 0 atom stereocenters. The molecule has 3 N–H and O–H groups in total. The van der Waals surface area contributed by atoms with Gasteiger partial charge in [-0.1, -0.05) is 0 Å². The van der Waals surface area contributed by atoms with Crippen LogP contribution in [0.25, 0.3) is 0 Å². The van der Waals surface area contributed by atoms with Crippen LogP contribution in [0.5, 0.6) is 5.75 Å². The van der Waals surface area contributed by atoms with Crippen molar-refractivity contribution in [3.8, 4) is 5.75 Å². The standard InChI is InChI=1S/C14H11F3N2O2/c15-8-1-2-13(12(18)6-8)19-14(20)7-21-11-4-9(16)3-10(17)5-11/h1-6H,7,18H2,(H,19,20). The highest BCUT2D eigenvalue weighted by Gasteiger charge is 2.08. The molecule has 0 fully saturated rings. The van der Waals surface area contributed by atoms with Gasteiger partial charge in [-0.05, 0) is 18.2 Å². The van der Waals surface area contributed by atoms with E-state index in [1.807, 2.05) is 0 Å². The number of halogens is 3. The molecule has 7 heteroatoms. The molecule has 0 unspecified atom stereocenters. The first-order valence-corrected chi connectivity index (χ1v) is 5.88. The molecule has 2 aromatic rings. The van der Waals surface area contributed by atoms with Crippen LogP contribution in [-0.2, 0) is 4.79 Å². The van der Waals surface area contributed by atoms with Crippen LogP contribution >= 0.6 is 0 Å². The van der Waals surface area contributed by atoms with Crippen LogP contribution in [0.4, 0.5) is 24.5 Å². The summed E-state index contributed by atoms with van der Waals surface area (Å²) < 4.78 is 43.6. The van der Waals surface area contributed by atoms with Gasteiger partial charge in [0.25, 0.3) is 5.91 Å². The zero-order valence-electron chi connectivity index (χ0n) is 10.7. The predicted molar refractivity (Wildman–Crippen MR) is 71.3 cm³/mol. The van der Waals surface area contributed by atoms with E-state index in [9.17, 15) is 18.0 Å². The molecule has 0 heterocycles. The summed E-state index contributed by atoms with van der Waals surface area (Å²) in [6.07, 6.45) is 0. The van der Waals surface area contributed by atoms with Crippen molar-refractivity contribution in [2.75, 3.05) is 17.7 Å². The van der Waals surface area contributed by atoms with E-state index in [4.69, 9.17) is 10.5 Å². The highest BCUT2D eigenvalue weighted by Crippen LogP contribution is 2.19. The van der Waals surface area contributed by atoms with Gasteiger partial charge in [-0.25, -0.2) is 13.2 Å². The Hall–Kier alpha value is -2.70. The number of hydrogen-bond donors (Lipinski definition) is 2. The van der Waals surface area contributed by atoms with E-state index in [1.54, 1.807) is 0 Å². The maximum atomic E-state index is 12.9. The molecule has 2 aromatic carbocycles. The largest absolute Gasteiger partial charge is 0.484 e. The van der Waals surface area contributed by atoms with Gasteiger partial charge in [-0.15, -0.1) is 0 Å². The molecule has 0 spiro atoms. The quantitative estimate of drug-likeness (QED) is 0.853. The third-order valence-electron chi connectivity index (χ3n) is 2.49. The lowest BCUT2D eigenvalue weighted by molar-refractivity contribution is -0.118. The minimum Gasteiger partial charge on any atom is -0.484 e. The van der Waals surface area contributed by atoms with Crippen molar-refractivity contribution in [3.63, 3.8) is 0 Å². The summed E-state index contributed by atoms with van der Waals surface area (Å²) in [5, 5.41) is 2.39. The van der Waals surface area contributed by atoms with E-state index in [-0.39, 0.29) is 17.1 Å². The molecule has 2 rings (SSSR count). The molecule has 0 bridgehead atoms. The van der Waals surface area contributed by atoms with Crippen LogP contribution in [0.1, 0.15) is 0 Å². The summed E-state index contributed by atoms with van der Waals surface area (Å²) in [6.45, 7) is -0.473. The minimum absolute atomic E-state index is 0.0557. The maximum absolute atomic E-state index is 12.9. The molecule has 0 aliphatic rings. The summed E-state index contributed by atoms with van der Waals surface area (Å²) in [5.41, 5.74) is 5.80. The van der Waals surface area contributed by atoms with Crippen LogP contribution in [0.15, 0.2) is 36.4 Å². The molecule has 0 radical (unpaired) electrons. The molecule has 110 valence electrons. The Kier molecular flexibility index (Phi) is 4.32. The monoisotopic (exact) mass is 296 g/mol. The smallest absolute Gasteiger partial charge is 0.262 e. The lowest BCUT2D eigenvalue weighted by Gasteiger charge is -2.09. The summed E-state index contributed by atoms with van der Waals surface area (Å²) >= 11 is 0. The average molecular weight is 296 g/mol. The number of nitrogens with two attached hydrogens (primary N) is 1. The van der Waals surface area contributed by atoms with Gasteiger partial charge in [0.2, 0.25) is 0 Å². The Morgan fingerprint density at radius 1 is 1.05 bits per heavy atom. The second kappa shape index (κ2) is 6.17. The van der Waals surface area contributed by atoms with Crippen LogP contribution in [0, 0.1) is 17.5 Å². The van der Waals surface area contributed by atoms with E-state index in [1.165, 1.54) is 6.07 Å². The molecule has 0 aliphatic carbocycles. The second-order valence-electron chi connectivity index (χ2n) is 4.17. The Bertz CT molecular complexity index is 657. The highest BCUT2D eigenvalue weighted by molar-refractivity contribution is 5.94. The summed E-state index contributed by atoms with van der Waals surface area (Å²) in [6, 6.07) is 6.06. The van der Waals surface area contributed by atoms with Gasteiger partial charge >= 0.3 is 0 Å². The van der Waals surface area contributed by atoms with Gasteiger partial charge in [0.05, 0.1) is 11.4 Å². The number of nitrogen functional groups attached to an aromatic ring is 1. The first-order valence-electron chi connectivity index (χ1n) is 5.88. The second-order valence-corrected chi connectivity index (χ2v) is 4.17. The first-order chi connectivity index (χ1) is 9.94. The SMILES string of the molecule is Nc1cc(F)ccc1NC(=O)COc1cc(F)cc(F)c1. The van der Waals surface area contributed by atoms with Crippen molar-refractivity contribution in [3.05, 3.63) is 53.8 Å². The first kappa shape index (κ1) is 14.7. The number of anilines is 2. The minimum atomic E-state index is -0.812. The molecular formula is C14H11F3N2O2. The Labute approximate surface area is 118 Å².